The summed E-state index contributed by atoms with van der Waals surface area (Å²) in [6.07, 6.45) is 0. The molecule has 0 N–H and O–H groups in total. The summed E-state index contributed by atoms with van der Waals surface area (Å²) in [6, 6.07) is 107. The van der Waals surface area contributed by atoms with Crippen LogP contribution in [0.15, 0.2) is 291 Å². The van der Waals surface area contributed by atoms with E-state index in [4.69, 9.17) is 0 Å². The molecule has 0 amide bonds. The zero-order valence-electron chi connectivity index (χ0n) is 45.4. The van der Waals surface area contributed by atoms with E-state index in [0.29, 0.717) is 0 Å². The number of benzene rings is 13. The molecule has 0 bridgehead atoms. The lowest BCUT2D eigenvalue weighted by atomic mass is 10.0. The van der Waals surface area contributed by atoms with Crippen molar-refractivity contribution in [2.45, 2.75) is 0 Å². The Morgan fingerprint density at radius 2 is 0.476 bits per heavy atom. The highest BCUT2D eigenvalue weighted by atomic mass is 15.2. The fourth-order valence-electron chi connectivity index (χ4n) is 14.7. The summed E-state index contributed by atoms with van der Waals surface area (Å²) in [5.74, 6) is 0. The minimum Gasteiger partial charge on any atom is -0.310 e. The van der Waals surface area contributed by atoms with E-state index in [9.17, 15) is 0 Å². The molecule has 0 aliphatic rings. The van der Waals surface area contributed by atoms with E-state index in [-0.39, 0.29) is 0 Å². The Labute approximate surface area is 481 Å². The number of aromatic nitrogens is 4. The van der Waals surface area contributed by atoms with Crippen LogP contribution in [0.3, 0.4) is 0 Å². The molecule has 19 rings (SSSR count). The van der Waals surface area contributed by atoms with Crippen LogP contribution < -0.4 is 9.80 Å². The van der Waals surface area contributed by atoms with E-state index in [1.807, 2.05) is 0 Å². The van der Waals surface area contributed by atoms with Gasteiger partial charge in [-0.05, 0) is 133 Å². The monoisotopic (exact) mass is 1070 g/mol. The van der Waals surface area contributed by atoms with Gasteiger partial charge >= 0.3 is 0 Å². The topological polar surface area (TPSA) is 25.2 Å². The predicted molar refractivity (Wildman–Crippen MR) is 354 cm³/mol. The van der Waals surface area contributed by atoms with Gasteiger partial charge in [-0.15, -0.1) is 0 Å². The van der Waals surface area contributed by atoms with Crippen molar-refractivity contribution in [3.63, 3.8) is 0 Å². The Morgan fingerprint density at radius 1 is 0.179 bits per heavy atom. The Kier molecular flexibility index (Phi) is 9.24. The zero-order valence-corrected chi connectivity index (χ0v) is 45.4. The third-order valence-electron chi connectivity index (χ3n) is 18.1. The molecule has 6 nitrogen and oxygen atoms in total. The van der Waals surface area contributed by atoms with Crippen LogP contribution in [0.5, 0.6) is 0 Å². The Balaban J connectivity index is 0.805. The van der Waals surface area contributed by atoms with Crippen LogP contribution in [0.2, 0.25) is 0 Å². The molecule has 0 aliphatic carbocycles. The van der Waals surface area contributed by atoms with Crippen molar-refractivity contribution in [3.8, 4) is 11.4 Å². The summed E-state index contributed by atoms with van der Waals surface area (Å²) >= 11 is 0. The molecule has 390 valence electrons. The van der Waals surface area contributed by atoms with Gasteiger partial charge in [0.15, 0.2) is 0 Å². The van der Waals surface area contributed by atoms with Gasteiger partial charge in [-0.1, -0.05) is 158 Å². The number of hydrogen-bond donors (Lipinski definition) is 0. The van der Waals surface area contributed by atoms with Gasteiger partial charge in [-0.25, -0.2) is 0 Å². The fraction of sp³-hybridized carbons (Fsp3) is 0. The van der Waals surface area contributed by atoms with Gasteiger partial charge in [0.1, 0.15) is 0 Å². The minimum absolute atomic E-state index is 1.10. The first-order valence-corrected chi connectivity index (χ1v) is 28.9. The number of anilines is 6. The highest BCUT2D eigenvalue weighted by molar-refractivity contribution is 6.29. The van der Waals surface area contributed by atoms with Crippen LogP contribution in [0.1, 0.15) is 0 Å². The highest BCUT2D eigenvalue weighted by Crippen LogP contribution is 2.48. The van der Waals surface area contributed by atoms with Crippen LogP contribution >= 0.6 is 0 Å². The zero-order chi connectivity index (χ0) is 54.7. The third kappa shape index (κ3) is 6.23. The van der Waals surface area contributed by atoms with Crippen molar-refractivity contribution in [1.29, 1.82) is 0 Å². The molecule has 6 heterocycles. The maximum absolute atomic E-state index is 2.55. The number of rotatable bonds is 8. The number of hydrogen-bond acceptors (Lipinski definition) is 2. The first-order chi connectivity index (χ1) is 41.7. The second-order valence-corrected chi connectivity index (χ2v) is 22.5. The first kappa shape index (κ1) is 45.4. The molecule has 6 aromatic heterocycles. The van der Waals surface area contributed by atoms with Crippen LogP contribution in [0.4, 0.5) is 34.1 Å². The fourth-order valence-corrected chi connectivity index (χ4v) is 14.7. The standard InChI is InChI=1S/C78H48N6/c1-5-19-49(20-6-1)79(53-37-41-71-65(43-53)57-27-13-15-33-69(57)81(71)51-23-9-3-10-24-51)55-35-39-59-61-29-17-31-63-67-48-76-68(47-75(67)83(77(61)63)73(59)45-55)64-32-18-30-62-60-40-36-56(46-74(60)84(76)78(62)64)80(50-21-7-2-8-22-50)54-38-42-72-66(44-54)58-28-14-16-34-70(58)82(72)52-25-11-4-12-26-52/h1-48H. The SMILES string of the molecule is c1ccc(N(c2ccc3c(c2)c2ccccc2n3-c2ccccc2)c2ccc3c4cccc5c6cc7c(cc6n(c3c2)c45)c2cccc3c4ccc(N(c5ccccc5)c5ccc6c(c5)c5ccccc5n6-c5ccccc5)cc4n7c32)cc1. The van der Waals surface area contributed by atoms with Gasteiger partial charge in [0.05, 0.1) is 55.2 Å². The van der Waals surface area contributed by atoms with E-state index >= 15 is 0 Å². The molecule has 13 aromatic carbocycles. The molecule has 84 heavy (non-hydrogen) atoms. The second kappa shape index (κ2) is 17.1. The van der Waals surface area contributed by atoms with E-state index < -0.39 is 0 Å². The number of fused-ring (bicyclic) bond motifs is 18. The van der Waals surface area contributed by atoms with Crippen molar-refractivity contribution < 1.29 is 0 Å². The van der Waals surface area contributed by atoms with Crippen LogP contribution in [-0.2, 0) is 0 Å². The average molecular weight is 1070 g/mol. The van der Waals surface area contributed by atoms with E-state index in [0.717, 1.165) is 45.5 Å². The van der Waals surface area contributed by atoms with E-state index in [1.165, 1.54) is 120 Å². The van der Waals surface area contributed by atoms with Gasteiger partial charge < -0.3 is 27.7 Å². The normalized spacial score (nSPS) is 12.3. The minimum atomic E-state index is 1.10. The van der Waals surface area contributed by atoms with Crippen molar-refractivity contribution >= 4 is 154 Å². The van der Waals surface area contributed by atoms with Crippen LogP contribution in [0, 0.1) is 0 Å². The predicted octanol–water partition coefficient (Wildman–Crippen LogP) is 21.1. The lowest BCUT2D eigenvalue weighted by Crippen LogP contribution is -2.09. The maximum Gasteiger partial charge on any atom is 0.0620 e. The summed E-state index contributed by atoms with van der Waals surface area (Å²) in [4.78, 5) is 4.85. The lowest BCUT2D eigenvalue weighted by Gasteiger charge is -2.26. The molecule has 0 radical (unpaired) electrons. The summed E-state index contributed by atoms with van der Waals surface area (Å²) in [7, 11) is 0. The van der Waals surface area contributed by atoms with Crippen LogP contribution in [0.25, 0.3) is 131 Å². The molecule has 0 fully saturated rings. The molecule has 0 unspecified atom stereocenters. The first-order valence-electron chi connectivity index (χ1n) is 28.9. The Hall–Kier alpha value is -11.3. The summed E-state index contributed by atoms with van der Waals surface area (Å²) in [5.41, 5.74) is 21.0. The summed E-state index contributed by atoms with van der Waals surface area (Å²) in [5, 5.41) is 14.9. The molecule has 0 saturated heterocycles. The largest absolute Gasteiger partial charge is 0.310 e. The molecule has 0 aliphatic heterocycles. The van der Waals surface area contributed by atoms with Crippen LogP contribution in [-0.4, -0.2) is 17.9 Å². The second-order valence-electron chi connectivity index (χ2n) is 22.5. The number of para-hydroxylation sites is 8. The van der Waals surface area contributed by atoms with Crippen molar-refractivity contribution in [3.05, 3.63) is 291 Å². The summed E-state index contributed by atoms with van der Waals surface area (Å²) in [6.45, 7) is 0. The molecular weight excluding hydrogens is 1020 g/mol. The van der Waals surface area contributed by atoms with Gasteiger partial charge in [-0.3, -0.25) is 0 Å². The quantitative estimate of drug-likeness (QED) is 0.152. The average Bonchev–Trinajstić information content (AvgIpc) is 1.82. The molecular formula is C78H48N6. The summed E-state index contributed by atoms with van der Waals surface area (Å²) < 4.78 is 9.88. The van der Waals surface area contributed by atoms with Crippen molar-refractivity contribution in [1.82, 2.24) is 17.9 Å². The van der Waals surface area contributed by atoms with E-state index in [1.54, 1.807) is 0 Å². The van der Waals surface area contributed by atoms with Gasteiger partial charge in [0.25, 0.3) is 0 Å². The Bertz CT molecular complexity index is 5490. The number of nitrogens with zero attached hydrogens (tertiary/aromatic N) is 6. The molecule has 0 atom stereocenters. The van der Waals surface area contributed by atoms with Crippen molar-refractivity contribution in [2.75, 3.05) is 9.80 Å². The van der Waals surface area contributed by atoms with Gasteiger partial charge in [0, 0.05) is 110 Å². The van der Waals surface area contributed by atoms with E-state index in [2.05, 4.69) is 319 Å². The smallest absolute Gasteiger partial charge is 0.0620 e. The third-order valence-corrected chi connectivity index (χ3v) is 18.1. The molecule has 0 saturated carbocycles. The molecule has 6 heteroatoms. The maximum atomic E-state index is 2.55. The molecule has 0 spiro atoms. The van der Waals surface area contributed by atoms with Gasteiger partial charge in [0.2, 0.25) is 0 Å². The molecule has 19 aromatic rings. The lowest BCUT2D eigenvalue weighted by molar-refractivity contribution is 1.18. The van der Waals surface area contributed by atoms with Crippen molar-refractivity contribution in [2.24, 2.45) is 0 Å². The Morgan fingerprint density at radius 3 is 0.905 bits per heavy atom. The van der Waals surface area contributed by atoms with Gasteiger partial charge in [-0.2, -0.15) is 0 Å². The highest BCUT2D eigenvalue weighted by Gasteiger charge is 2.26.